The molecular formula is C14H30N2O. The van der Waals surface area contributed by atoms with E-state index in [1.54, 1.807) is 7.11 Å². The van der Waals surface area contributed by atoms with Gasteiger partial charge in [-0.3, -0.25) is 4.90 Å². The maximum Gasteiger partial charge on any atom is 0.0630 e. The van der Waals surface area contributed by atoms with Gasteiger partial charge in [-0.15, -0.1) is 0 Å². The molecule has 1 heterocycles. The van der Waals surface area contributed by atoms with E-state index < -0.39 is 0 Å². The molecule has 3 heteroatoms. The molecule has 2 unspecified atom stereocenters. The van der Waals surface area contributed by atoms with E-state index >= 15 is 0 Å². The number of hydrogen-bond acceptors (Lipinski definition) is 3. The molecule has 0 aliphatic carbocycles. The van der Waals surface area contributed by atoms with Crippen LogP contribution in [0.15, 0.2) is 0 Å². The van der Waals surface area contributed by atoms with E-state index in [0.29, 0.717) is 6.04 Å². The second-order valence-corrected chi connectivity index (χ2v) is 6.18. The normalized spacial score (nSPS) is 24.2. The molecular weight excluding hydrogens is 212 g/mol. The summed E-state index contributed by atoms with van der Waals surface area (Å²) in [5.41, 5.74) is 0.188. The van der Waals surface area contributed by atoms with Crippen molar-refractivity contribution in [3.63, 3.8) is 0 Å². The second kappa shape index (κ2) is 6.72. The highest BCUT2D eigenvalue weighted by molar-refractivity contribution is 4.86. The van der Waals surface area contributed by atoms with Crippen LogP contribution in [0.5, 0.6) is 0 Å². The van der Waals surface area contributed by atoms with Gasteiger partial charge in [0.2, 0.25) is 0 Å². The van der Waals surface area contributed by atoms with Crippen molar-refractivity contribution in [2.75, 3.05) is 26.8 Å². The Bertz CT molecular complexity index is 213. The minimum absolute atomic E-state index is 0.188. The van der Waals surface area contributed by atoms with E-state index in [1.165, 1.54) is 25.8 Å². The van der Waals surface area contributed by atoms with E-state index in [0.717, 1.165) is 19.2 Å². The van der Waals surface area contributed by atoms with E-state index in [9.17, 15) is 0 Å². The molecule has 1 rings (SSSR count). The van der Waals surface area contributed by atoms with Crippen molar-refractivity contribution in [3.05, 3.63) is 0 Å². The van der Waals surface area contributed by atoms with Crippen LogP contribution in [-0.2, 0) is 4.74 Å². The number of hydrogen-bond donors (Lipinski definition) is 1. The third-order valence-corrected chi connectivity index (χ3v) is 3.59. The van der Waals surface area contributed by atoms with Gasteiger partial charge in [0.05, 0.1) is 6.61 Å². The second-order valence-electron chi connectivity index (χ2n) is 6.18. The third kappa shape index (κ3) is 4.94. The lowest BCUT2D eigenvalue weighted by atomic mass is 10.1. The number of ether oxygens (including phenoxy) is 1. The molecule has 102 valence electrons. The SMILES string of the molecule is CCC1CCCN1C(CNC(C)(C)C)COC. The molecule has 0 spiro atoms. The molecule has 3 nitrogen and oxygen atoms in total. The summed E-state index contributed by atoms with van der Waals surface area (Å²) in [6, 6.07) is 1.28. The number of likely N-dealkylation sites (tertiary alicyclic amines) is 1. The van der Waals surface area contributed by atoms with Crippen LogP contribution in [0.4, 0.5) is 0 Å². The first-order chi connectivity index (χ1) is 7.98. The highest BCUT2D eigenvalue weighted by atomic mass is 16.5. The minimum atomic E-state index is 0.188. The largest absolute Gasteiger partial charge is 0.383 e. The predicted molar refractivity (Wildman–Crippen MR) is 73.4 cm³/mol. The zero-order valence-electron chi connectivity index (χ0n) is 12.3. The maximum absolute atomic E-state index is 5.39. The summed E-state index contributed by atoms with van der Waals surface area (Å²) in [6.07, 6.45) is 3.95. The zero-order valence-corrected chi connectivity index (χ0v) is 12.3. The van der Waals surface area contributed by atoms with Gasteiger partial charge in [0, 0.05) is 31.3 Å². The van der Waals surface area contributed by atoms with Crippen molar-refractivity contribution >= 4 is 0 Å². The third-order valence-electron chi connectivity index (χ3n) is 3.59. The Morgan fingerprint density at radius 1 is 1.41 bits per heavy atom. The summed E-state index contributed by atoms with van der Waals surface area (Å²) in [7, 11) is 1.81. The van der Waals surface area contributed by atoms with Gasteiger partial charge in [0.25, 0.3) is 0 Å². The first-order valence-corrected chi connectivity index (χ1v) is 6.97. The highest BCUT2D eigenvalue weighted by Gasteiger charge is 2.29. The number of nitrogens with one attached hydrogen (secondary N) is 1. The molecule has 0 amide bonds. The van der Waals surface area contributed by atoms with Crippen molar-refractivity contribution in [3.8, 4) is 0 Å². The maximum atomic E-state index is 5.39. The van der Waals surface area contributed by atoms with E-state index in [1.807, 2.05) is 0 Å². The van der Waals surface area contributed by atoms with Crippen molar-refractivity contribution in [2.24, 2.45) is 0 Å². The zero-order chi connectivity index (χ0) is 12.9. The monoisotopic (exact) mass is 242 g/mol. The van der Waals surface area contributed by atoms with E-state index in [2.05, 4.69) is 37.9 Å². The number of rotatable bonds is 6. The van der Waals surface area contributed by atoms with Crippen molar-refractivity contribution in [1.82, 2.24) is 10.2 Å². The Morgan fingerprint density at radius 3 is 2.65 bits per heavy atom. The van der Waals surface area contributed by atoms with Crippen molar-refractivity contribution in [1.29, 1.82) is 0 Å². The molecule has 0 aromatic heterocycles. The van der Waals surface area contributed by atoms with Crippen LogP contribution in [0.2, 0.25) is 0 Å². The molecule has 0 bridgehead atoms. The summed E-state index contributed by atoms with van der Waals surface area (Å²) >= 11 is 0. The lowest BCUT2D eigenvalue weighted by Crippen LogP contribution is -2.51. The van der Waals surface area contributed by atoms with Gasteiger partial charge in [-0.05, 0) is 46.6 Å². The van der Waals surface area contributed by atoms with Crippen LogP contribution in [0.3, 0.4) is 0 Å². The molecule has 1 aliphatic rings. The van der Waals surface area contributed by atoms with Crippen molar-refractivity contribution in [2.45, 2.75) is 64.6 Å². The summed E-state index contributed by atoms with van der Waals surface area (Å²) < 4.78 is 5.39. The summed E-state index contributed by atoms with van der Waals surface area (Å²) in [6.45, 7) is 12.0. The Morgan fingerprint density at radius 2 is 2.12 bits per heavy atom. The van der Waals surface area contributed by atoms with Gasteiger partial charge in [0.15, 0.2) is 0 Å². The fourth-order valence-electron chi connectivity index (χ4n) is 2.67. The van der Waals surface area contributed by atoms with E-state index in [4.69, 9.17) is 4.74 Å². The first kappa shape index (κ1) is 14.9. The fourth-order valence-corrected chi connectivity index (χ4v) is 2.67. The fraction of sp³-hybridized carbons (Fsp3) is 1.00. The molecule has 1 aliphatic heterocycles. The Balaban J connectivity index is 2.52. The van der Waals surface area contributed by atoms with Gasteiger partial charge in [-0.25, -0.2) is 0 Å². The number of nitrogens with zero attached hydrogens (tertiary/aromatic N) is 1. The molecule has 0 radical (unpaired) electrons. The quantitative estimate of drug-likeness (QED) is 0.773. The summed E-state index contributed by atoms with van der Waals surface area (Å²) in [4.78, 5) is 2.64. The van der Waals surface area contributed by atoms with Crippen LogP contribution in [0.25, 0.3) is 0 Å². The van der Waals surface area contributed by atoms with Crippen molar-refractivity contribution < 1.29 is 4.74 Å². The van der Waals surface area contributed by atoms with Gasteiger partial charge in [0.1, 0.15) is 0 Å². The average molecular weight is 242 g/mol. The van der Waals surface area contributed by atoms with Crippen LogP contribution in [0, 0.1) is 0 Å². The lowest BCUT2D eigenvalue weighted by Gasteiger charge is -2.34. The van der Waals surface area contributed by atoms with Crippen LogP contribution < -0.4 is 5.32 Å². The summed E-state index contributed by atoms with van der Waals surface area (Å²) in [5, 5.41) is 3.61. The van der Waals surface area contributed by atoms with Gasteiger partial charge < -0.3 is 10.1 Å². The lowest BCUT2D eigenvalue weighted by molar-refractivity contribution is 0.0763. The number of methoxy groups -OCH3 is 1. The molecule has 0 aromatic carbocycles. The molecule has 0 aromatic rings. The van der Waals surface area contributed by atoms with Gasteiger partial charge in [-0.1, -0.05) is 6.92 Å². The first-order valence-electron chi connectivity index (χ1n) is 6.97. The van der Waals surface area contributed by atoms with E-state index in [-0.39, 0.29) is 5.54 Å². The van der Waals surface area contributed by atoms with Crippen LogP contribution in [0.1, 0.15) is 47.0 Å². The van der Waals surface area contributed by atoms with Crippen LogP contribution >= 0.6 is 0 Å². The molecule has 0 saturated carbocycles. The molecule has 1 N–H and O–H groups in total. The summed E-state index contributed by atoms with van der Waals surface area (Å²) in [5.74, 6) is 0. The molecule has 1 saturated heterocycles. The molecule has 2 atom stereocenters. The van der Waals surface area contributed by atoms with Crippen LogP contribution in [-0.4, -0.2) is 49.3 Å². The predicted octanol–water partition coefficient (Wildman–Crippen LogP) is 2.26. The topological polar surface area (TPSA) is 24.5 Å². The smallest absolute Gasteiger partial charge is 0.0630 e. The Hall–Kier alpha value is -0.120. The van der Waals surface area contributed by atoms with Gasteiger partial charge >= 0.3 is 0 Å². The average Bonchev–Trinajstić information content (AvgIpc) is 2.70. The molecule has 17 heavy (non-hydrogen) atoms. The van der Waals surface area contributed by atoms with Gasteiger partial charge in [-0.2, -0.15) is 0 Å². The molecule has 1 fully saturated rings. The standard InChI is InChI=1S/C14H30N2O/c1-6-12-8-7-9-16(12)13(11-17-5)10-15-14(2,3)4/h12-13,15H,6-11H2,1-5H3. The Labute approximate surface area is 107 Å². The Kier molecular flexibility index (Phi) is 5.90. The minimum Gasteiger partial charge on any atom is -0.383 e. The highest BCUT2D eigenvalue weighted by Crippen LogP contribution is 2.22.